The molecule has 0 radical (unpaired) electrons. The van der Waals surface area contributed by atoms with Gasteiger partial charge in [-0.2, -0.15) is 0 Å². The third-order valence-electron chi connectivity index (χ3n) is 5.65. The molecule has 34 heavy (non-hydrogen) atoms. The summed E-state index contributed by atoms with van der Waals surface area (Å²) >= 11 is 1.33. The summed E-state index contributed by atoms with van der Waals surface area (Å²) in [6.07, 6.45) is 3.23. The molecule has 2 aromatic carbocycles. The van der Waals surface area contributed by atoms with E-state index in [1.54, 1.807) is 35.2 Å². The minimum absolute atomic E-state index is 0.144. The molecule has 0 atom stereocenters. The average molecular weight is 504 g/mol. The minimum Gasteiger partial charge on any atom is -0.494 e. The number of likely N-dealkylation sites (N-methyl/N-ethyl adjacent to an activating group) is 1. The zero-order valence-electron chi connectivity index (χ0n) is 20.3. The molecule has 0 saturated heterocycles. The number of rotatable bonds is 12. The highest BCUT2D eigenvalue weighted by Crippen LogP contribution is 2.31. The van der Waals surface area contributed by atoms with Gasteiger partial charge >= 0.3 is 0 Å². The van der Waals surface area contributed by atoms with Crippen molar-refractivity contribution in [2.75, 3.05) is 43.9 Å². The molecule has 9 heteroatoms. The third-order valence-corrected chi connectivity index (χ3v) is 7.81. The maximum atomic E-state index is 13.5. The first-order valence-electron chi connectivity index (χ1n) is 11.6. The summed E-state index contributed by atoms with van der Waals surface area (Å²) in [6, 6.07) is 12.1. The van der Waals surface area contributed by atoms with Gasteiger partial charge in [0.15, 0.2) is 15.0 Å². The van der Waals surface area contributed by atoms with Gasteiger partial charge in [-0.1, -0.05) is 38.5 Å². The molecule has 3 aromatic rings. The van der Waals surface area contributed by atoms with E-state index in [2.05, 4.69) is 30.7 Å². The van der Waals surface area contributed by atoms with Gasteiger partial charge in [-0.25, -0.2) is 13.4 Å². The molecule has 1 amide bonds. The van der Waals surface area contributed by atoms with Crippen molar-refractivity contribution >= 4 is 42.4 Å². The van der Waals surface area contributed by atoms with Crippen LogP contribution in [0.25, 0.3) is 10.2 Å². The number of amides is 1. The first-order valence-corrected chi connectivity index (χ1v) is 14.3. The van der Waals surface area contributed by atoms with E-state index in [0.717, 1.165) is 36.4 Å². The van der Waals surface area contributed by atoms with Gasteiger partial charge in [0.1, 0.15) is 5.75 Å². The van der Waals surface area contributed by atoms with Gasteiger partial charge in [0, 0.05) is 24.9 Å². The number of carbonyl (C=O) groups is 1. The number of nitrogens with zero attached hydrogens (tertiary/aromatic N) is 3. The normalized spacial score (nSPS) is 11.8. The van der Waals surface area contributed by atoms with Crippen LogP contribution in [0.2, 0.25) is 0 Å². The van der Waals surface area contributed by atoms with E-state index < -0.39 is 9.84 Å². The van der Waals surface area contributed by atoms with Crippen LogP contribution in [-0.4, -0.2) is 63.3 Å². The van der Waals surface area contributed by atoms with Crippen LogP contribution in [0.4, 0.5) is 5.13 Å². The average Bonchev–Trinajstić information content (AvgIpc) is 3.25. The Hall–Kier alpha value is -2.49. The molecule has 0 saturated carbocycles. The molecule has 0 bridgehead atoms. The largest absolute Gasteiger partial charge is 0.494 e. The van der Waals surface area contributed by atoms with Crippen LogP contribution in [0.1, 0.15) is 44.0 Å². The Bertz CT molecular complexity index is 1200. The SMILES string of the molecule is CCCCOc1ccc(C(=O)N(CCN(CC)CC)c2nc3ccc(S(C)(=O)=O)cc3s2)cc1. The summed E-state index contributed by atoms with van der Waals surface area (Å²) < 4.78 is 30.4. The number of hydrogen-bond donors (Lipinski definition) is 0. The number of benzene rings is 2. The summed E-state index contributed by atoms with van der Waals surface area (Å²) in [5.74, 6) is 0.600. The fourth-order valence-electron chi connectivity index (χ4n) is 3.49. The molecule has 1 aromatic heterocycles. The molecule has 0 unspecified atom stereocenters. The van der Waals surface area contributed by atoms with Gasteiger partial charge in [-0.3, -0.25) is 9.69 Å². The van der Waals surface area contributed by atoms with Crippen LogP contribution < -0.4 is 9.64 Å². The molecule has 0 fully saturated rings. The second-order valence-electron chi connectivity index (χ2n) is 8.11. The first kappa shape index (κ1) is 26.1. The number of ether oxygens (including phenoxy) is 1. The van der Waals surface area contributed by atoms with E-state index >= 15 is 0 Å². The number of aromatic nitrogens is 1. The highest BCUT2D eigenvalue weighted by atomic mass is 32.2. The lowest BCUT2D eigenvalue weighted by Crippen LogP contribution is -2.38. The smallest absolute Gasteiger partial charge is 0.260 e. The van der Waals surface area contributed by atoms with E-state index in [0.29, 0.717) is 35.9 Å². The van der Waals surface area contributed by atoms with Gasteiger partial charge in [0.05, 0.1) is 21.7 Å². The second-order valence-corrected chi connectivity index (χ2v) is 11.1. The zero-order valence-corrected chi connectivity index (χ0v) is 21.9. The summed E-state index contributed by atoms with van der Waals surface area (Å²) in [4.78, 5) is 22.4. The molecule has 0 aliphatic carbocycles. The third kappa shape index (κ3) is 6.55. The van der Waals surface area contributed by atoms with Crippen molar-refractivity contribution in [3.63, 3.8) is 0 Å². The van der Waals surface area contributed by atoms with Crippen molar-refractivity contribution in [2.24, 2.45) is 0 Å². The van der Waals surface area contributed by atoms with Crippen LogP contribution in [0.3, 0.4) is 0 Å². The highest BCUT2D eigenvalue weighted by molar-refractivity contribution is 7.90. The predicted octanol–water partition coefficient (Wildman–Crippen LogP) is 4.87. The molecule has 0 aliphatic heterocycles. The van der Waals surface area contributed by atoms with Crippen LogP contribution >= 0.6 is 11.3 Å². The lowest BCUT2D eigenvalue weighted by molar-refractivity contribution is 0.0983. The minimum atomic E-state index is -3.33. The van der Waals surface area contributed by atoms with E-state index in [1.165, 1.54) is 17.6 Å². The molecule has 1 heterocycles. The van der Waals surface area contributed by atoms with Gasteiger partial charge in [-0.05, 0) is 62.0 Å². The number of carbonyl (C=O) groups excluding carboxylic acids is 1. The molecule has 7 nitrogen and oxygen atoms in total. The number of thiazole rings is 1. The molecule has 3 rings (SSSR count). The summed E-state index contributed by atoms with van der Waals surface area (Å²) in [5, 5.41) is 0.557. The molecule has 0 N–H and O–H groups in total. The summed E-state index contributed by atoms with van der Waals surface area (Å²) in [5.41, 5.74) is 1.23. The van der Waals surface area contributed by atoms with Crippen molar-refractivity contribution in [1.29, 1.82) is 0 Å². The van der Waals surface area contributed by atoms with Crippen LogP contribution in [0, 0.1) is 0 Å². The number of fused-ring (bicyclic) bond motifs is 1. The number of unbranched alkanes of at least 4 members (excludes halogenated alkanes) is 1. The van der Waals surface area contributed by atoms with Crippen molar-refractivity contribution in [2.45, 2.75) is 38.5 Å². The Kier molecular flexibility index (Phi) is 9.04. The lowest BCUT2D eigenvalue weighted by Gasteiger charge is -2.24. The fourth-order valence-corrected chi connectivity index (χ4v) is 5.24. The van der Waals surface area contributed by atoms with Crippen LogP contribution in [0.5, 0.6) is 5.75 Å². The zero-order chi connectivity index (χ0) is 24.7. The van der Waals surface area contributed by atoms with E-state index in [9.17, 15) is 13.2 Å². The van der Waals surface area contributed by atoms with Gasteiger partial charge in [0.2, 0.25) is 0 Å². The number of anilines is 1. The quantitative estimate of drug-likeness (QED) is 0.328. The van der Waals surface area contributed by atoms with Crippen molar-refractivity contribution in [1.82, 2.24) is 9.88 Å². The van der Waals surface area contributed by atoms with Crippen molar-refractivity contribution in [3.05, 3.63) is 48.0 Å². The van der Waals surface area contributed by atoms with Crippen LogP contribution in [0.15, 0.2) is 47.4 Å². The molecule has 184 valence electrons. The van der Waals surface area contributed by atoms with Gasteiger partial charge in [0.25, 0.3) is 5.91 Å². The van der Waals surface area contributed by atoms with E-state index in [1.807, 2.05) is 12.1 Å². The topological polar surface area (TPSA) is 79.8 Å². The predicted molar refractivity (Wildman–Crippen MR) is 139 cm³/mol. The molecular formula is C25H33N3O4S2. The van der Waals surface area contributed by atoms with Gasteiger partial charge < -0.3 is 9.64 Å². The van der Waals surface area contributed by atoms with Gasteiger partial charge in [-0.15, -0.1) is 0 Å². The standard InChI is InChI=1S/C25H33N3O4S2/c1-5-8-17-32-20-11-9-19(10-12-20)24(29)28(16-15-27(6-2)7-3)25-26-22-14-13-21(34(4,30)31)18-23(22)33-25/h9-14,18H,5-8,15-17H2,1-4H3. The fraction of sp³-hybridized carbons (Fsp3) is 0.440. The Morgan fingerprint density at radius 2 is 1.74 bits per heavy atom. The Morgan fingerprint density at radius 3 is 2.35 bits per heavy atom. The Balaban J connectivity index is 1.91. The van der Waals surface area contributed by atoms with Crippen molar-refractivity contribution < 1.29 is 17.9 Å². The first-order chi connectivity index (χ1) is 16.3. The van der Waals surface area contributed by atoms with E-state index in [4.69, 9.17) is 4.74 Å². The summed E-state index contributed by atoms with van der Waals surface area (Å²) in [7, 11) is -3.33. The maximum absolute atomic E-state index is 13.5. The Morgan fingerprint density at radius 1 is 1.03 bits per heavy atom. The monoisotopic (exact) mass is 503 g/mol. The molecule has 0 aliphatic rings. The molecule has 0 spiro atoms. The Labute approximate surface area is 206 Å². The number of hydrogen-bond acceptors (Lipinski definition) is 7. The maximum Gasteiger partial charge on any atom is 0.260 e. The van der Waals surface area contributed by atoms with E-state index in [-0.39, 0.29) is 10.8 Å². The second kappa shape index (κ2) is 11.8. The van der Waals surface area contributed by atoms with Crippen LogP contribution in [-0.2, 0) is 9.84 Å². The molecular weight excluding hydrogens is 470 g/mol. The summed E-state index contributed by atoms with van der Waals surface area (Å²) in [6.45, 7) is 9.92. The number of sulfone groups is 1. The highest BCUT2D eigenvalue weighted by Gasteiger charge is 2.22. The van der Waals surface area contributed by atoms with Crippen molar-refractivity contribution in [3.8, 4) is 5.75 Å². The lowest BCUT2D eigenvalue weighted by atomic mass is 10.2.